The van der Waals surface area contributed by atoms with Gasteiger partial charge in [-0.3, -0.25) is 0 Å². The maximum atomic E-state index is 9.79. The van der Waals surface area contributed by atoms with Crippen LogP contribution >= 0.6 is 0 Å². The minimum Gasteiger partial charge on any atom is -0.508 e. The second-order valence-electron chi connectivity index (χ2n) is 6.23. The standard InChI is InChI=1S/C15H21NO/c1-15(2)8-10(15)9-16-13-7-6-12-11(13)4-3-5-14(12)17/h3-5,10,13,16-17H,6-9H2,1-2H3. The van der Waals surface area contributed by atoms with E-state index in [9.17, 15) is 5.11 Å². The molecule has 2 aliphatic rings. The van der Waals surface area contributed by atoms with E-state index in [2.05, 4.69) is 25.2 Å². The molecule has 1 saturated carbocycles. The maximum absolute atomic E-state index is 9.79. The molecule has 2 N–H and O–H groups in total. The number of benzene rings is 1. The highest BCUT2D eigenvalue weighted by atomic mass is 16.3. The fourth-order valence-electron chi connectivity index (χ4n) is 3.06. The van der Waals surface area contributed by atoms with Gasteiger partial charge in [0.05, 0.1) is 0 Å². The quantitative estimate of drug-likeness (QED) is 0.838. The van der Waals surface area contributed by atoms with Gasteiger partial charge in [-0.1, -0.05) is 26.0 Å². The van der Waals surface area contributed by atoms with Crippen LogP contribution in [0, 0.1) is 11.3 Å². The first-order valence-corrected chi connectivity index (χ1v) is 6.62. The molecule has 0 heterocycles. The summed E-state index contributed by atoms with van der Waals surface area (Å²) in [5.41, 5.74) is 3.01. The number of hydrogen-bond donors (Lipinski definition) is 2. The molecular weight excluding hydrogens is 210 g/mol. The molecule has 2 heteroatoms. The Bertz CT molecular complexity index is 439. The minimum absolute atomic E-state index is 0.452. The van der Waals surface area contributed by atoms with Gasteiger partial charge in [-0.15, -0.1) is 0 Å². The summed E-state index contributed by atoms with van der Waals surface area (Å²) in [6.45, 7) is 5.80. The van der Waals surface area contributed by atoms with E-state index >= 15 is 0 Å². The topological polar surface area (TPSA) is 32.3 Å². The predicted molar refractivity (Wildman–Crippen MR) is 69.1 cm³/mol. The molecule has 0 bridgehead atoms. The molecule has 0 aliphatic heterocycles. The van der Waals surface area contributed by atoms with Crippen molar-refractivity contribution in [3.63, 3.8) is 0 Å². The lowest BCUT2D eigenvalue weighted by Crippen LogP contribution is -2.22. The smallest absolute Gasteiger partial charge is 0.119 e. The van der Waals surface area contributed by atoms with Crippen molar-refractivity contribution in [1.82, 2.24) is 5.32 Å². The molecule has 1 fully saturated rings. The van der Waals surface area contributed by atoms with Crippen LogP contribution in [0.4, 0.5) is 0 Å². The van der Waals surface area contributed by atoms with Gasteiger partial charge < -0.3 is 10.4 Å². The minimum atomic E-state index is 0.452. The lowest BCUT2D eigenvalue weighted by atomic mass is 10.1. The van der Waals surface area contributed by atoms with Crippen LogP contribution in [-0.2, 0) is 6.42 Å². The zero-order valence-corrected chi connectivity index (χ0v) is 10.7. The maximum Gasteiger partial charge on any atom is 0.119 e. The lowest BCUT2D eigenvalue weighted by molar-refractivity contribution is 0.466. The molecule has 0 aromatic heterocycles. The van der Waals surface area contributed by atoms with Crippen molar-refractivity contribution in [2.24, 2.45) is 11.3 Å². The van der Waals surface area contributed by atoms with Crippen LogP contribution in [0.3, 0.4) is 0 Å². The SMILES string of the molecule is CC1(C)CC1CNC1CCc2c(O)cccc21. The Morgan fingerprint density at radius 1 is 1.41 bits per heavy atom. The van der Waals surface area contributed by atoms with Gasteiger partial charge in [-0.05, 0) is 54.3 Å². The van der Waals surface area contributed by atoms with Crippen molar-refractivity contribution in [1.29, 1.82) is 0 Å². The average molecular weight is 231 g/mol. The fourth-order valence-corrected chi connectivity index (χ4v) is 3.06. The van der Waals surface area contributed by atoms with E-state index < -0.39 is 0 Å². The van der Waals surface area contributed by atoms with Crippen molar-refractivity contribution in [2.75, 3.05) is 6.54 Å². The largest absolute Gasteiger partial charge is 0.508 e. The van der Waals surface area contributed by atoms with Crippen molar-refractivity contribution in [3.05, 3.63) is 29.3 Å². The van der Waals surface area contributed by atoms with E-state index in [4.69, 9.17) is 0 Å². The number of phenols is 1. The van der Waals surface area contributed by atoms with E-state index in [-0.39, 0.29) is 0 Å². The predicted octanol–water partition coefficient (Wildman–Crippen LogP) is 3.02. The first kappa shape index (κ1) is 11.1. The van der Waals surface area contributed by atoms with Gasteiger partial charge in [-0.25, -0.2) is 0 Å². The second-order valence-corrected chi connectivity index (χ2v) is 6.23. The molecule has 0 amide bonds. The molecule has 1 aromatic rings. The molecule has 2 unspecified atom stereocenters. The molecule has 0 saturated heterocycles. The summed E-state index contributed by atoms with van der Waals surface area (Å²) in [4.78, 5) is 0. The van der Waals surface area contributed by atoms with E-state index in [1.807, 2.05) is 6.07 Å². The molecule has 2 atom stereocenters. The Hall–Kier alpha value is -1.02. The van der Waals surface area contributed by atoms with Crippen LogP contribution in [0.2, 0.25) is 0 Å². The van der Waals surface area contributed by atoms with Gasteiger partial charge in [0.25, 0.3) is 0 Å². The van der Waals surface area contributed by atoms with Crippen molar-refractivity contribution < 1.29 is 5.11 Å². The highest BCUT2D eigenvalue weighted by Gasteiger charge is 2.45. The summed E-state index contributed by atoms with van der Waals surface area (Å²) >= 11 is 0. The summed E-state index contributed by atoms with van der Waals surface area (Å²) in [7, 11) is 0. The Labute approximate surface area is 103 Å². The molecule has 1 aromatic carbocycles. The zero-order valence-electron chi connectivity index (χ0n) is 10.7. The monoisotopic (exact) mass is 231 g/mol. The van der Waals surface area contributed by atoms with Gasteiger partial charge in [0.15, 0.2) is 0 Å². The molecule has 2 aliphatic carbocycles. The third-order valence-electron chi connectivity index (χ3n) is 4.57. The van der Waals surface area contributed by atoms with Crippen LogP contribution < -0.4 is 5.32 Å². The van der Waals surface area contributed by atoms with Gasteiger partial charge in [0.1, 0.15) is 5.75 Å². The van der Waals surface area contributed by atoms with Crippen LogP contribution in [0.25, 0.3) is 0 Å². The molecule has 17 heavy (non-hydrogen) atoms. The number of aromatic hydroxyl groups is 1. The number of phenolic OH excluding ortho intramolecular Hbond substituents is 1. The Kier molecular flexibility index (Phi) is 2.44. The highest BCUT2D eigenvalue weighted by molar-refractivity contribution is 5.44. The lowest BCUT2D eigenvalue weighted by Gasteiger charge is -2.14. The van der Waals surface area contributed by atoms with Crippen molar-refractivity contribution in [3.8, 4) is 5.75 Å². The molecule has 0 spiro atoms. The van der Waals surface area contributed by atoms with Crippen LogP contribution in [0.15, 0.2) is 18.2 Å². The number of hydrogen-bond acceptors (Lipinski definition) is 2. The third-order valence-corrected chi connectivity index (χ3v) is 4.57. The Balaban J connectivity index is 1.66. The van der Waals surface area contributed by atoms with Crippen LogP contribution in [-0.4, -0.2) is 11.7 Å². The second kappa shape index (κ2) is 3.74. The summed E-state index contributed by atoms with van der Waals surface area (Å²) in [6.07, 6.45) is 3.48. The summed E-state index contributed by atoms with van der Waals surface area (Å²) in [5.74, 6) is 1.31. The van der Waals surface area contributed by atoms with Gasteiger partial charge >= 0.3 is 0 Å². The molecular formula is C15H21NO. The van der Waals surface area contributed by atoms with Crippen molar-refractivity contribution in [2.45, 2.75) is 39.2 Å². The Morgan fingerprint density at radius 2 is 2.18 bits per heavy atom. The molecule has 0 radical (unpaired) electrons. The van der Waals surface area contributed by atoms with E-state index in [0.29, 0.717) is 17.2 Å². The Morgan fingerprint density at radius 3 is 2.88 bits per heavy atom. The number of nitrogens with one attached hydrogen (secondary N) is 1. The molecule has 3 rings (SSSR count). The highest BCUT2D eigenvalue weighted by Crippen LogP contribution is 2.51. The number of rotatable bonds is 3. The number of fused-ring (bicyclic) bond motifs is 1. The van der Waals surface area contributed by atoms with E-state index in [1.54, 1.807) is 6.07 Å². The van der Waals surface area contributed by atoms with Crippen molar-refractivity contribution >= 4 is 0 Å². The average Bonchev–Trinajstić information content (AvgIpc) is 2.73. The molecule has 92 valence electrons. The summed E-state index contributed by atoms with van der Waals surface area (Å²) < 4.78 is 0. The first-order valence-electron chi connectivity index (χ1n) is 6.62. The normalized spacial score (nSPS) is 29.1. The van der Waals surface area contributed by atoms with E-state index in [1.165, 1.54) is 12.0 Å². The summed E-state index contributed by atoms with van der Waals surface area (Å²) in [6, 6.07) is 6.35. The van der Waals surface area contributed by atoms with Gasteiger partial charge in [0.2, 0.25) is 0 Å². The third kappa shape index (κ3) is 1.95. The molecule has 2 nitrogen and oxygen atoms in total. The summed E-state index contributed by atoms with van der Waals surface area (Å²) in [5, 5.41) is 13.5. The zero-order chi connectivity index (χ0) is 12.0. The van der Waals surface area contributed by atoms with Crippen LogP contribution in [0.5, 0.6) is 5.75 Å². The van der Waals surface area contributed by atoms with Gasteiger partial charge in [0, 0.05) is 6.04 Å². The fraction of sp³-hybridized carbons (Fsp3) is 0.600. The van der Waals surface area contributed by atoms with Crippen LogP contribution in [0.1, 0.15) is 43.9 Å². The van der Waals surface area contributed by atoms with Gasteiger partial charge in [-0.2, -0.15) is 0 Å². The van der Waals surface area contributed by atoms with E-state index in [0.717, 1.165) is 30.9 Å². The first-order chi connectivity index (χ1) is 8.08.